The van der Waals surface area contributed by atoms with Gasteiger partial charge in [0.25, 0.3) is 5.91 Å². The summed E-state index contributed by atoms with van der Waals surface area (Å²) < 4.78 is 19.0. The molecule has 0 aromatic heterocycles. The topological polar surface area (TPSA) is 64.3 Å². The largest absolute Gasteiger partial charge is 0.481 e. The van der Waals surface area contributed by atoms with E-state index in [1.165, 1.54) is 12.1 Å². The molecule has 0 bridgehead atoms. The van der Waals surface area contributed by atoms with Gasteiger partial charge in [0.2, 0.25) is 0 Å². The third-order valence-electron chi connectivity index (χ3n) is 3.07. The Morgan fingerprint density at radius 3 is 2.67 bits per heavy atom. The van der Waals surface area contributed by atoms with E-state index in [1.807, 2.05) is 0 Å². The molecular weight excluding hydrogens is 271 g/mol. The number of benzene rings is 1. The van der Waals surface area contributed by atoms with Gasteiger partial charge in [-0.15, -0.1) is 0 Å². The Hall–Kier alpha value is -1.62. The lowest BCUT2D eigenvalue weighted by Crippen LogP contribution is -2.37. The number of halogens is 1. The van der Waals surface area contributed by atoms with Crippen LogP contribution >= 0.6 is 0 Å². The molecule has 1 aromatic carbocycles. The summed E-state index contributed by atoms with van der Waals surface area (Å²) >= 11 is 0. The van der Waals surface area contributed by atoms with Crippen molar-refractivity contribution >= 4 is 5.91 Å². The normalized spacial score (nSPS) is 12.3. The maximum absolute atomic E-state index is 13.5. The second-order valence-electron chi connectivity index (χ2n) is 5.57. The summed E-state index contributed by atoms with van der Waals surface area (Å²) in [6, 6.07) is 4.42. The van der Waals surface area contributed by atoms with Gasteiger partial charge in [-0.2, -0.15) is 0 Å². The number of hydrogen-bond donors (Lipinski definition) is 2. The van der Waals surface area contributed by atoms with Crippen LogP contribution in [-0.4, -0.2) is 25.1 Å². The highest BCUT2D eigenvalue weighted by Crippen LogP contribution is 2.18. The van der Waals surface area contributed by atoms with Gasteiger partial charge in [0, 0.05) is 12.6 Å². The molecule has 0 saturated heterocycles. The van der Waals surface area contributed by atoms with Crippen molar-refractivity contribution in [3.8, 4) is 5.75 Å². The molecule has 0 spiro atoms. The van der Waals surface area contributed by atoms with E-state index >= 15 is 0 Å². The fraction of sp³-hybridized carbons (Fsp3) is 0.562. The molecule has 1 rings (SSSR count). The third kappa shape index (κ3) is 6.58. The second-order valence-corrected chi connectivity index (χ2v) is 5.57. The van der Waals surface area contributed by atoms with Crippen LogP contribution in [0.1, 0.15) is 32.8 Å². The molecular formula is C16H25FN2O2. The second kappa shape index (κ2) is 8.62. The number of amides is 1. The van der Waals surface area contributed by atoms with Gasteiger partial charge in [-0.05, 0) is 49.9 Å². The van der Waals surface area contributed by atoms with Gasteiger partial charge in [0.15, 0.2) is 6.10 Å². The van der Waals surface area contributed by atoms with Crippen molar-refractivity contribution in [1.82, 2.24) is 5.32 Å². The van der Waals surface area contributed by atoms with E-state index in [0.717, 1.165) is 12.0 Å². The Labute approximate surface area is 125 Å². The molecule has 0 fully saturated rings. The van der Waals surface area contributed by atoms with Crippen molar-refractivity contribution in [3.63, 3.8) is 0 Å². The molecule has 3 N–H and O–H groups in total. The number of rotatable bonds is 8. The summed E-state index contributed by atoms with van der Waals surface area (Å²) in [5, 5.41) is 2.81. The number of ether oxygens (including phenoxy) is 1. The molecule has 118 valence electrons. The lowest BCUT2D eigenvalue weighted by molar-refractivity contribution is -0.127. The molecule has 1 unspecified atom stereocenters. The molecule has 1 amide bonds. The average Bonchev–Trinajstić information content (AvgIpc) is 2.37. The Morgan fingerprint density at radius 2 is 2.05 bits per heavy atom. The quantitative estimate of drug-likeness (QED) is 0.773. The van der Waals surface area contributed by atoms with Gasteiger partial charge < -0.3 is 15.8 Å². The maximum atomic E-state index is 13.5. The third-order valence-corrected chi connectivity index (χ3v) is 3.07. The lowest BCUT2D eigenvalue weighted by Gasteiger charge is -2.16. The fourth-order valence-corrected chi connectivity index (χ4v) is 1.89. The highest BCUT2D eigenvalue weighted by atomic mass is 19.1. The predicted octanol–water partition coefficient (Wildman–Crippen LogP) is 2.26. The van der Waals surface area contributed by atoms with E-state index in [-0.39, 0.29) is 11.7 Å². The molecule has 1 aromatic rings. The van der Waals surface area contributed by atoms with Crippen LogP contribution in [0.5, 0.6) is 5.75 Å². The van der Waals surface area contributed by atoms with Crippen molar-refractivity contribution in [3.05, 3.63) is 29.6 Å². The van der Waals surface area contributed by atoms with Gasteiger partial charge in [-0.3, -0.25) is 4.79 Å². The summed E-state index contributed by atoms with van der Waals surface area (Å²) in [6.07, 6.45) is 0.826. The van der Waals surface area contributed by atoms with E-state index in [0.29, 0.717) is 31.2 Å². The van der Waals surface area contributed by atoms with Gasteiger partial charge in [0.05, 0.1) is 0 Å². The van der Waals surface area contributed by atoms with Crippen LogP contribution in [0.15, 0.2) is 18.2 Å². The molecule has 0 heterocycles. The Balaban J connectivity index is 2.57. The first kappa shape index (κ1) is 17.4. The highest BCUT2D eigenvalue weighted by molar-refractivity contribution is 5.80. The molecule has 0 aliphatic rings. The molecule has 0 aliphatic heterocycles. The first-order valence-electron chi connectivity index (χ1n) is 7.36. The Kier molecular flexibility index (Phi) is 7.15. The molecule has 0 aliphatic carbocycles. The number of hydrogen-bond acceptors (Lipinski definition) is 3. The van der Waals surface area contributed by atoms with Crippen molar-refractivity contribution < 1.29 is 13.9 Å². The molecule has 21 heavy (non-hydrogen) atoms. The van der Waals surface area contributed by atoms with Crippen LogP contribution < -0.4 is 15.8 Å². The van der Waals surface area contributed by atoms with Crippen molar-refractivity contribution in [2.45, 2.75) is 39.7 Å². The summed E-state index contributed by atoms with van der Waals surface area (Å²) in [6.45, 7) is 6.90. The summed E-state index contributed by atoms with van der Waals surface area (Å²) in [5.74, 6) is 0.303. The van der Waals surface area contributed by atoms with Crippen molar-refractivity contribution in [1.29, 1.82) is 0 Å². The van der Waals surface area contributed by atoms with E-state index < -0.39 is 6.10 Å². The van der Waals surface area contributed by atoms with Crippen LogP contribution in [0.4, 0.5) is 4.39 Å². The summed E-state index contributed by atoms with van der Waals surface area (Å²) in [7, 11) is 0. The minimum absolute atomic E-state index is 0.194. The van der Waals surface area contributed by atoms with Crippen molar-refractivity contribution in [2.24, 2.45) is 11.7 Å². The molecule has 1 atom stereocenters. The lowest BCUT2D eigenvalue weighted by atomic mass is 10.1. The fourth-order valence-electron chi connectivity index (χ4n) is 1.89. The minimum Gasteiger partial charge on any atom is -0.481 e. The van der Waals surface area contributed by atoms with Crippen molar-refractivity contribution in [2.75, 3.05) is 13.1 Å². The van der Waals surface area contributed by atoms with Crippen LogP contribution in [-0.2, 0) is 11.2 Å². The molecule has 5 heteroatoms. The minimum atomic E-state index is -0.662. The highest BCUT2D eigenvalue weighted by Gasteiger charge is 2.15. The maximum Gasteiger partial charge on any atom is 0.260 e. The molecule has 0 radical (unpaired) electrons. The first-order valence-corrected chi connectivity index (χ1v) is 7.36. The summed E-state index contributed by atoms with van der Waals surface area (Å²) in [5.41, 5.74) is 6.23. The van der Waals surface area contributed by atoms with E-state index in [4.69, 9.17) is 10.5 Å². The predicted molar refractivity (Wildman–Crippen MR) is 81.7 cm³/mol. The zero-order valence-corrected chi connectivity index (χ0v) is 13.0. The number of carbonyl (C=O) groups excluding carboxylic acids is 1. The zero-order valence-electron chi connectivity index (χ0n) is 13.0. The van der Waals surface area contributed by atoms with Gasteiger partial charge in [-0.25, -0.2) is 4.39 Å². The van der Waals surface area contributed by atoms with E-state index in [1.54, 1.807) is 13.0 Å². The van der Waals surface area contributed by atoms with Crippen LogP contribution in [0.2, 0.25) is 0 Å². The molecule has 4 nitrogen and oxygen atoms in total. The SMILES string of the molecule is CC(C)CCNC(=O)C(C)Oc1cc(F)cc(CCN)c1. The number of nitrogens with one attached hydrogen (secondary N) is 1. The van der Waals surface area contributed by atoms with E-state index in [9.17, 15) is 9.18 Å². The standard InChI is InChI=1S/C16H25FN2O2/c1-11(2)5-7-19-16(20)12(3)21-15-9-13(4-6-18)8-14(17)10-15/h8-12H,4-7,18H2,1-3H3,(H,19,20). The van der Waals surface area contributed by atoms with E-state index in [2.05, 4.69) is 19.2 Å². The number of carbonyl (C=O) groups is 1. The Morgan fingerprint density at radius 1 is 1.33 bits per heavy atom. The van der Waals surface area contributed by atoms with Crippen LogP contribution in [0.3, 0.4) is 0 Å². The van der Waals surface area contributed by atoms with Gasteiger partial charge in [0.1, 0.15) is 11.6 Å². The summed E-state index contributed by atoms with van der Waals surface area (Å²) in [4.78, 5) is 11.9. The average molecular weight is 296 g/mol. The van der Waals surface area contributed by atoms with Gasteiger partial charge in [-0.1, -0.05) is 13.8 Å². The zero-order chi connectivity index (χ0) is 15.8. The molecule has 0 saturated carbocycles. The Bertz CT molecular complexity index is 464. The van der Waals surface area contributed by atoms with Crippen LogP contribution in [0.25, 0.3) is 0 Å². The monoisotopic (exact) mass is 296 g/mol. The van der Waals surface area contributed by atoms with Gasteiger partial charge >= 0.3 is 0 Å². The smallest absolute Gasteiger partial charge is 0.260 e. The first-order chi connectivity index (χ1) is 9.92. The van der Waals surface area contributed by atoms with Crippen LogP contribution in [0, 0.1) is 11.7 Å². The number of nitrogens with two attached hydrogens (primary N) is 1.